The Hall–Kier alpha value is -4.29. The van der Waals surface area contributed by atoms with Gasteiger partial charge >= 0.3 is 5.97 Å². The number of anilines is 1. The molecule has 4 heterocycles. The smallest absolute Gasteiger partial charge is 0.313 e. The number of para-hydroxylation sites is 1. The van der Waals surface area contributed by atoms with Crippen molar-refractivity contribution in [3.8, 4) is 0 Å². The van der Waals surface area contributed by atoms with Crippen molar-refractivity contribution in [1.29, 1.82) is 0 Å². The molecule has 8 atom stereocenters. The van der Waals surface area contributed by atoms with Crippen LogP contribution in [0.15, 0.2) is 102 Å². The molecule has 276 valence electrons. The molecule has 2 fully saturated rings. The van der Waals surface area contributed by atoms with Crippen LogP contribution in [0.1, 0.15) is 42.6 Å². The minimum atomic E-state index is -1.58. The lowest BCUT2D eigenvalue weighted by atomic mass is 9.74. The van der Waals surface area contributed by atoms with E-state index in [9.17, 15) is 14.7 Å². The van der Waals surface area contributed by atoms with Crippen molar-refractivity contribution in [2.75, 3.05) is 18.1 Å². The lowest BCUT2D eigenvalue weighted by Crippen LogP contribution is -2.59. The number of benzene rings is 3. The van der Waals surface area contributed by atoms with E-state index in [0.717, 1.165) is 11.1 Å². The first-order valence-corrected chi connectivity index (χ1v) is 19.0. The van der Waals surface area contributed by atoms with E-state index in [0.29, 0.717) is 27.2 Å². The molecule has 0 unspecified atom stereocenters. The largest absolute Gasteiger partial charge is 0.455 e. The third-order valence-corrected chi connectivity index (χ3v) is 11.7. The summed E-state index contributed by atoms with van der Waals surface area (Å²) in [6.45, 7) is 3.24. The van der Waals surface area contributed by atoms with Gasteiger partial charge in [0.05, 0.1) is 35.3 Å². The Labute approximate surface area is 321 Å². The number of aliphatic hydroxyl groups excluding tert-OH is 1. The molecular formula is C41H41BrClN3O7. The fourth-order valence-electron chi connectivity index (χ4n) is 8.36. The van der Waals surface area contributed by atoms with E-state index in [4.69, 9.17) is 21.1 Å². The summed E-state index contributed by atoms with van der Waals surface area (Å²) >= 11 is 10.4. The average Bonchev–Trinajstić information content (AvgIpc) is 3.75. The zero-order valence-corrected chi connectivity index (χ0v) is 31.7. The molecule has 4 aliphatic rings. The number of halogens is 2. The second-order valence-electron chi connectivity index (χ2n) is 14.1. The van der Waals surface area contributed by atoms with Crippen molar-refractivity contribution in [3.63, 3.8) is 0 Å². The van der Waals surface area contributed by atoms with Gasteiger partial charge in [-0.3, -0.25) is 19.2 Å². The molecule has 0 aliphatic carbocycles. The monoisotopic (exact) mass is 801 g/mol. The van der Waals surface area contributed by atoms with Crippen molar-refractivity contribution in [2.24, 2.45) is 11.8 Å². The number of carbonyl (C=O) groups excluding carboxylic acids is 4. The number of esters is 1. The van der Waals surface area contributed by atoms with Gasteiger partial charge in [0.25, 0.3) is 5.91 Å². The Morgan fingerprint density at radius 1 is 0.962 bits per heavy atom. The number of fused-ring (bicyclic) bond motifs is 2. The molecule has 12 heteroatoms. The number of ether oxygens (including phenoxy) is 2. The summed E-state index contributed by atoms with van der Waals surface area (Å²) in [5.74, 6) is -4.21. The highest BCUT2D eigenvalue weighted by Gasteiger charge is 2.75. The fraction of sp³-hybridized carbons (Fsp3) is 0.366. The third kappa shape index (κ3) is 6.73. The number of likely N-dealkylation sites (tertiary alicyclic amines) is 1. The number of aryl methyl sites for hydroxylation is 1. The van der Waals surface area contributed by atoms with Crippen LogP contribution in [0.25, 0.3) is 0 Å². The van der Waals surface area contributed by atoms with Crippen LogP contribution < -0.4 is 10.2 Å². The van der Waals surface area contributed by atoms with E-state index in [1.165, 1.54) is 9.80 Å². The summed E-state index contributed by atoms with van der Waals surface area (Å²) in [5, 5.41) is 14.3. The molecule has 10 nitrogen and oxygen atoms in total. The zero-order valence-electron chi connectivity index (χ0n) is 29.4. The lowest BCUT2D eigenvalue weighted by Gasteiger charge is -2.39. The number of carbonyl (C=O) groups is 4. The minimum Gasteiger partial charge on any atom is -0.455 e. The molecule has 0 saturated carbocycles. The van der Waals surface area contributed by atoms with Crippen LogP contribution in [-0.4, -0.2) is 76.7 Å². The van der Waals surface area contributed by atoms with Gasteiger partial charge in [-0.1, -0.05) is 112 Å². The highest BCUT2D eigenvalue weighted by atomic mass is 79.9. The van der Waals surface area contributed by atoms with E-state index in [1.54, 1.807) is 31.2 Å². The first kappa shape index (κ1) is 37.0. The first-order chi connectivity index (χ1) is 25.6. The van der Waals surface area contributed by atoms with Crippen molar-refractivity contribution in [2.45, 2.75) is 69.0 Å². The second kappa shape index (κ2) is 15.2. The number of nitrogens with one attached hydrogen (secondary N) is 1. The van der Waals surface area contributed by atoms with E-state index >= 15 is 9.59 Å². The number of amides is 3. The van der Waals surface area contributed by atoms with Crippen LogP contribution in [0.5, 0.6) is 0 Å². The summed E-state index contributed by atoms with van der Waals surface area (Å²) in [6, 6.07) is 21.1. The van der Waals surface area contributed by atoms with Gasteiger partial charge in [-0.25, -0.2) is 0 Å². The number of hydrogen-bond acceptors (Lipinski definition) is 7. The molecule has 1 spiro atoms. The van der Waals surface area contributed by atoms with E-state index < -0.39 is 72.2 Å². The Morgan fingerprint density at radius 2 is 1.68 bits per heavy atom. The Kier molecular flexibility index (Phi) is 10.6. The fourth-order valence-corrected chi connectivity index (χ4v) is 9.42. The summed E-state index contributed by atoms with van der Waals surface area (Å²) in [7, 11) is 0. The van der Waals surface area contributed by atoms with Crippen LogP contribution >= 0.6 is 27.5 Å². The first-order valence-electron chi connectivity index (χ1n) is 17.8. The molecule has 3 aromatic carbocycles. The number of cyclic esters (lactones) is 1. The van der Waals surface area contributed by atoms with Gasteiger partial charge in [0.2, 0.25) is 11.8 Å². The van der Waals surface area contributed by atoms with Crippen molar-refractivity contribution < 1.29 is 33.8 Å². The molecule has 0 aromatic heterocycles. The average molecular weight is 803 g/mol. The minimum absolute atomic E-state index is 0.0685. The summed E-state index contributed by atoms with van der Waals surface area (Å²) in [5.41, 5.74) is 1.13. The molecule has 5 bridgehead atoms. The summed E-state index contributed by atoms with van der Waals surface area (Å²) in [4.78, 5) is 61.2. The highest BCUT2D eigenvalue weighted by Crippen LogP contribution is 2.59. The van der Waals surface area contributed by atoms with Crippen LogP contribution in [0.4, 0.5) is 5.69 Å². The maximum absolute atomic E-state index is 15.4. The standard InChI is InChI=1S/C41H41BrClN3O7/c1-24-13-12-18-30(43)34(24)45-20-11-5-10-19-31(48)44-25(2)35(27-16-8-4-9-17-27)52-40(51)32-33-38(49)46(28(23-47)21-26-14-6-3-7-15-26)37(39(45)50)41(33)22-29(42)36(32)53-41/h3-9,11-18,22,25,28,32-33,35-37,47H,10,19-21,23H2,1-2H3,(H,44,48)/b11-5-/t25-,28-,32+,33-,35+,36+,37+,41-/m1/s1. The van der Waals surface area contributed by atoms with Gasteiger partial charge in [-0.15, -0.1) is 0 Å². The maximum Gasteiger partial charge on any atom is 0.313 e. The van der Waals surface area contributed by atoms with E-state index in [-0.39, 0.29) is 25.3 Å². The molecule has 3 amide bonds. The highest BCUT2D eigenvalue weighted by molar-refractivity contribution is 9.11. The maximum atomic E-state index is 15.4. The lowest BCUT2D eigenvalue weighted by molar-refractivity contribution is -0.161. The Balaban J connectivity index is 1.39. The topological polar surface area (TPSA) is 125 Å². The van der Waals surface area contributed by atoms with Crippen molar-refractivity contribution in [3.05, 3.63) is 123 Å². The van der Waals surface area contributed by atoms with Crippen molar-refractivity contribution >= 4 is 56.9 Å². The molecule has 2 N–H and O–H groups in total. The normalized spacial score (nSPS) is 30.1. The van der Waals surface area contributed by atoms with Gasteiger partial charge in [-0.05, 0) is 55.5 Å². The third-order valence-electron chi connectivity index (χ3n) is 10.7. The van der Waals surface area contributed by atoms with Gasteiger partial charge in [-0.2, -0.15) is 0 Å². The number of nitrogens with zero attached hydrogens (tertiary/aromatic N) is 2. The molecule has 7 rings (SSSR count). The van der Waals surface area contributed by atoms with Gasteiger partial charge < -0.3 is 29.7 Å². The molecule has 4 aliphatic heterocycles. The quantitative estimate of drug-likeness (QED) is 0.246. The number of allylic oxidation sites excluding steroid dienone is 1. The number of aliphatic hydroxyl groups is 1. The van der Waals surface area contributed by atoms with E-state index in [1.807, 2.05) is 79.7 Å². The predicted molar refractivity (Wildman–Crippen MR) is 203 cm³/mol. The molecule has 53 heavy (non-hydrogen) atoms. The molecular weight excluding hydrogens is 762 g/mol. The van der Waals surface area contributed by atoms with Crippen LogP contribution in [-0.2, 0) is 35.1 Å². The van der Waals surface area contributed by atoms with E-state index in [2.05, 4.69) is 21.2 Å². The van der Waals surface area contributed by atoms with Crippen LogP contribution in [0, 0.1) is 18.8 Å². The summed E-state index contributed by atoms with van der Waals surface area (Å²) < 4.78 is 13.5. The van der Waals surface area contributed by atoms with Crippen LogP contribution in [0.3, 0.4) is 0 Å². The SMILES string of the molecule is Cc1cccc(Cl)c1N1C/C=C\CCC(=O)N[C@H](C)[C@@H](c2ccccc2)OC(=O)[C@@H]2[C@H]3O[C@@]4(C=C3Br)[C@H](C1=O)N([C@@H](CO)Cc1ccccc1)C(=O)[C@@H]24. The number of hydrogen-bond donors (Lipinski definition) is 2. The van der Waals surface area contributed by atoms with Gasteiger partial charge in [0, 0.05) is 17.4 Å². The van der Waals surface area contributed by atoms with Gasteiger partial charge in [0.15, 0.2) is 0 Å². The second-order valence-corrected chi connectivity index (χ2v) is 15.4. The van der Waals surface area contributed by atoms with Crippen LogP contribution in [0.2, 0.25) is 5.02 Å². The summed E-state index contributed by atoms with van der Waals surface area (Å²) in [6.07, 6.45) is 4.37. The molecule has 3 aromatic rings. The zero-order chi connectivity index (χ0) is 37.4. The molecule has 0 radical (unpaired) electrons. The predicted octanol–water partition coefficient (Wildman–Crippen LogP) is 5.60. The molecule has 2 saturated heterocycles. The van der Waals surface area contributed by atoms with Crippen molar-refractivity contribution in [1.82, 2.24) is 10.2 Å². The van der Waals surface area contributed by atoms with Gasteiger partial charge in [0.1, 0.15) is 29.8 Å². The Bertz CT molecular complexity index is 1940. The Morgan fingerprint density at radius 3 is 2.38 bits per heavy atom. The number of rotatable bonds is 6.